The molecule has 28 heavy (non-hydrogen) atoms. The molecule has 0 bridgehead atoms. The van der Waals surface area contributed by atoms with Crippen LogP contribution in [0.5, 0.6) is 11.5 Å². The van der Waals surface area contributed by atoms with Crippen LogP contribution in [-0.2, 0) is 14.3 Å². The van der Waals surface area contributed by atoms with Crippen molar-refractivity contribution in [3.8, 4) is 11.5 Å². The summed E-state index contributed by atoms with van der Waals surface area (Å²) in [6.45, 7) is -2.23. The van der Waals surface area contributed by atoms with Gasteiger partial charge in [-0.1, -0.05) is 12.1 Å². The van der Waals surface area contributed by atoms with Crippen LogP contribution in [0.25, 0.3) is 0 Å². The Hall–Kier alpha value is -2.86. The van der Waals surface area contributed by atoms with Gasteiger partial charge in [-0.25, -0.2) is 0 Å². The van der Waals surface area contributed by atoms with Crippen LogP contribution in [0.1, 0.15) is 0 Å². The van der Waals surface area contributed by atoms with Crippen LogP contribution in [0, 0.1) is 10.1 Å². The predicted octanol–water partition coefficient (Wildman–Crippen LogP) is 3.32. The zero-order chi connectivity index (χ0) is 20.8. The third kappa shape index (κ3) is 6.39. The number of nitrogens with zero attached hydrogens (tertiary/aromatic N) is 1. The zero-order valence-electron chi connectivity index (χ0n) is 14.1. The Labute approximate surface area is 157 Å². The van der Waals surface area contributed by atoms with E-state index in [0.29, 0.717) is 0 Å². The van der Waals surface area contributed by atoms with Crippen molar-refractivity contribution < 1.29 is 40.2 Å². The molecule has 0 aromatic heterocycles. The summed E-state index contributed by atoms with van der Waals surface area (Å²) in [6, 6.07) is 9.66. The molecule has 152 valence electrons. The van der Waals surface area contributed by atoms with Crippen molar-refractivity contribution in [2.24, 2.45) is 0 Å². The Morgan fingerprint density at radius 1 is 0.929 bits per heavy atom. The van der Waals surface area contributed by atoms with Gasteiger partial charge in [-0.15, -0.1) is 0 Å². The average molecular weight is 421 g/mol. The number of non-ortho nitro benzene ring substituents is 1. The van der Waals surface area contributed by atoms with E-state index in [2.05, 4.69) is 4.74 Å². The maximum atomic E-state index is 12.3. The Bertz CT molecular complexity index is 915. The van der Waals surface area contributed by atoms with E-state index in [1.165, 1.54) is 24.3 Å². The summed E-state index contributed by atoms with van der Waals surface area (Å²) < 4.78 is 75.4. The lowest BCUT2D eigenvalue weighted by molar-refractivity contribution is -0.384. The fraction of sp³-hybridized carbons (Fsp3) is 0.250. The van der Waals surface area contributed by atoms with Gasteiger partial charge in [0, 0.05) is 12.1 Å². The van der Waals surface area contributed by atoms with Crippen LogP contribution in [0.2, 0.25) is 0 Å². The zero-order valence-corrected chi connectivity index (χ0v) is 14.9. The summed E-state index contributed by atoms with van der Waals surface area (Å²) >= 11 is 0. The van der Waals surface area contributed by atoms with Crippen molar-refractivity contribution in [2.75, 3.05) is 19.8 Å². The van der Waals surface area contributed by atoms with E-state index in [-0.39, 0.29) is 28.7 Å². The summed E-state index contributed by atoms with van der Waals surface area (Å²) in [5.74, 6) is -0.166. The van der Waals surface area contributed by atoms with Gasteiger partial charge in [-0.3, -0.25) is 14.3 Å². The van der Waals surface area contributed by atoms with Gasteiger partial charge in [0.25, 0.3) is 15.8 Å². The molecule has 0 fully saturated rings. The van der Waals surface area contributed by atoms with Gasteiger partial charge in [-0.2, -0.15) is 21.6 Å². The number of hydrogen-bond acceptors (Lipinski definition) is 7. The van der Waals surface area contributed by atoms with Gasteiger partial charge in [0.05, 0.1) is 9.82 Å². The highest BCUT2D eigenvalue weighted by atomic mass is 32.2. The number of halogens is 3. The first-order chi connectivity index (χ1) is 13.1. The lowest BCUT2D eigenvalue weighted by Crippen LogP contribution is -2.19. The molecule has 0 unspecified atom stereocenters. The highest BCUT2D eigenvalue weighted by Crippen LogP contribution is 2.28. The number of benzene rings is 2. The molecule has 0 amide bonds. The molecule has 2 aromatic carbocycles. The van der Waals surface area contributed by atoms with Gasteiger partial charge in [0.15, 0.2) is 18.1 Å². The Balaban J connectivity index is 1.91. The molecule has 0 heterocycles. The Kier molecular flexibility index (Phi) is 6.80. The second-order valence-electron chi connectivity index (χ2n) is 5.23. The summed E-state index contributed by atoms with van der Waals surface area (Å²) in [4.78, 5) is 9.61. The summed E-state index contributed by atoms with van der Waals surface area (Å²) in [7, 11) is -4.18. The van der Waals surface area contributed by atoms with Crippen molar-refractivity contribution in [1.82, 2.24) is 0 Å². The first kappa shape index (κ1) is 21.4. The van der Waals surface area contributed by atoms with Crippen LogP contribution in [-0.4, -0.2) is 39.3 Å². The smallest absolute Gasteiger partial charge is 0.422 e. The van der Waals surface area contributed by atoms with Crippen molar-refractivity contribution in [3.05, 3.63) is 58.6 Å². The molecular formula is C16H14F3NO7S. The molecular weight excluding hydrogens is 407 g/mol. The molecule has 8 nitrogen and oxygen atoms in total. The number of hydrogen-bond donors (Lipinski definition) is 0. The minimum atomic E-state index is -4.52. The van der Waals surface area contributed by atoms with Crippen molar-refractivity contribution >= 4 is 15.8 Å². The van der Waals surface area contributed by atoms with Crippen LogP contribution in [0.3, 0.4) is 0 Å². The van der Waals surface area contributed by atoms with Gasteiger partial charge in [0.2, 0.25) is 0 Å². The van der Waals surface area contributed by atoms with Crippen LogP contribution < -0.4 is 9.47 Å². The molecule has 0 aliphatic heterocycles. The second kappa shape index (κ2) is 8.89. The van der Waals surface area contributed by atoms with Crippen molar-refractivity contribution in [2.45, 2.75) is 11.1 Å². The van der Waals surface area contributed by atoms with E-state index < -0.39 is 34.4 Å². The van der Waals surface area contributed by atoms with Crippen LogP contribution in [0.15, 0.2) is 53.4 Å². The van der Waals surface area contributed by atoms with Gasteiger partial charge in [-0.05, 0) is 24.3 Å². The fourth-order valence-electron chi connectivity index (χ4n) is 1.95. The molecule has 2 rings (SSSR count). The number of rotatable bonds is 9. The number of nitro groups is 1. The van der Waals surface area contributed by atoms with E-state index in [0.717, 1.165) is 24.3 Å². The second-order valence-corrected chi connectivity index (χ2v) is 6.84. The van der Waals surface area contributed by atoms with Gasteiger partial charge >= 0.3 is 6.18 Å². The molecule has 2 aromatic rings. The highest BCUT2D eigenvalue weighted by molar-refractivity contribution is 7.86. The first-order valence-electron chi connectivity index (χ1n) is 7.64. The first-order valence-corrected chi connectivity index (χ1v) is 9.04. The number of nitro benzene ring substituents is 1. The molecule has 0 atom stereocenters. The normalized spacial score (nSPS) is 11.8. The van der Waals surface area contributed by atoms with E-state index >= 15 is 0 Å². The molecule has 0 N–H and O–H groups in total. The average Bonchev–Trinajstić information content (AvgIpc) is 2.64. The monoisotopic (exact) mass is 421 g/mol. The minimum absolute atomic E-state index is 0.0110. The molecule has 12 heteroatoms. The molecule has 0 spiro atoms. The lowest BCUT2D eigenvalue weighted by Gasteiger charge is -2.14. The van der Waals surface area contributed by atoms with Crippen LogP contribution >= 0.6 is 0 Å². The Morgan fingerprint density at radius 3 is 2.04 bits per heavy atom. The van der Waals surface area contributed by atoms with Crippen LogP contribution in [0.4, 0.5) is 18.9 Å². The van der Waals surface area contributed by atoms with Gasteiger partial charge in [0.1, 0.15) is 13.2 Å². The minimum Gasteiger partial charge on any atom is -0.487 e. The number of ether oxygens (including phenoxy) is 2. The maximum absolute atomic E-state index is 12.3. The quantitative estimate of drug-likeness (QED) is 0.265. The summed E-state index contributed by atoms with van der Waals surface area (Å²) in [6.07, 6.45) is -4.52. The SMILES string of the molecule is O=[N+]([O-])c1ccc(S(=O)(=O)OCCOc2ccccc2OCC(F)(F)F)cc1. The molecule has 0 radical (unpaired) electrons. The molecule has 0 aliphatic rings. The maximum Gasteiger partial charge on any atom is 0.422 e. The third-order valence-corrected chi connectivity index (χ3v) is 4.48. The highest BCUT2D eigenvalue weighted by Gasteiger charge is 2.29. The van der Waals surface area contributed by atoms with Crippen molar-refractivity contribution in [1.29, 1.82) is 0 Å². The topological polar surface area (TPSA) is 105 Å². The summed E-state index contributed by atoms with van der Waals surface area (Å²) in [5.41, 5.74) is -0.280. The van der Waals surface area contributed by atoms with Crippen molar-refractivity contribution in [3.63, 3.8) is 0 Å². The Morgan fingerprint density at radius 2 is 1.50 bits per heavy atom. The fourth-order valence-corrected chi connectivity index (χ4v) is 2.84. The molecule has 0 saturated heterocycles. The molecule has 0 aliphatic carbocycles. The van der Waals surface area contributed by atoms with E-state index in [4.69, 9.17) is 8.92 Å². The summed E-state index contributed by atoms with van der Waals surface area (Å²) in [5, 5.41) is 10.6. The van der Waals surface area contributed by atoms with Gasteiger partial charge < -0.3 is 9.47 Å². The standard InChI is InChI=1S/C16H14F3NO7S/c17-16(18,19)11-26-15-4-2-1-3-14(15)25-9-10-27-28(23,24)13-7-5-12(6-8-13)20(21)22/h1-8H,9-11H2. The van der Waals surface area contributed by atoms with E-state index in [9.17, 15) is 31.7 Å². The molecule has 0 saturated carbocycles. The lowest BCUT2D eigenvalue weighted by atomic mass is 10.3. The number of para-hydroxylation sites is 2. The third-order valence-electron chi connectivity index (χ3n) is 3.16. The van der Waals surface area contributed by atoms with E-state index in [1.807, 2.05) is 0 Å². The number of alkyl halides is 3. The van der Waals surface area contributed by atoms with E-state index in [1.54, 1.807) is 0 Å². The predicted molar refractivity (Wildman–Crippen MR) is 89.7 cm³/mol. The largest absolute Gasteiger partial charge is 0.487 e.